The maximum atomic E-state index is 13.9. The van der Waals surface area contributed by atoms with Crippen LogP contribution in [0.4, 0.5) is 36.1 Å². The molecule has 2 aliphatic heterocycles. The lowest BCUT2D eigenvalue weighted by molar-refractivity contribution is -0.137. The number of aromatic nitrogens is 2. The summed E-state index contributed by atoms with van der Waals surface area (Å²) in [5, 5.41) is 9.94. The summed E-state index contributed by atoms with van der Waals surface area (Å²) in [4.78, 5) is 32.0. The molecule has 4 aromatic rings. The van der Waals surface area contributed by atoms with Gasteiger partial charge in [-0.3, -0.25) is 9.59 Å². The van der Waals surface area contributed by atoms with Crippen LogP contribution in [0.25, 0.3) is 0 Å². The number of halogens is 3. The molecule has 43 heavy (non-hydrogen) atoms. The first kappa shape index (κ1) is 28.2. The van der Waals surface area contributed by atoms with Gasteiger partial charge in [0, 0.05) is 30.0 Å². The second-order valence-electron chi connectivity index (χ2n) is 10.2. The van der Waals surface area contributed by atoms with Crippen molar-refractivity contribution in [2.75, 3.05) is 41.8 Å². The van der Waals surface area contributed by atoms with Crippen LogP contribution in [-0.4, -0.2) is 53.6 Å². The topological polar surface area (TPSA) is 101 Å². The molecule has 0 aliphatic carbocycles. The molecule has 220 valence electrons. The predicted molar refractivity (Wildman–Crippen MR) is 156 cm³/mol. The van der Waals surface area contributed by atoms with Gasteiger partial charge in [0.25, 0.3) is 5.91 Å². The third-order valence-corrected chi connectivity index (χ3v) is 7.23. The fourth-order valence-electron chi connectivity index (χ4n) is 5.08. The number of hydrogen-bond donors (Lipinski definition) is 2. The van der Waals surface area contributed by atoms with Gasteiger partial charge in [0.2, 0.25) is 5.91 Å². The molecule has 2 aliphatic rings. The van der Waals surface area contributed by atoms with Crippen LogP contribution in [0.3, 0.4) is 0 Å². The maximum Gasteiger partial charge on any atom is 0.418 e. The summed E-state index contributed by atoms with van der Waals surface area (Å²) in [6.45, 7) is 1.82. The number of benzene rings is 3. The van der Waals surface area contributed by atoms with E-state index in [4.69, 9.17) is 4.74 Å². The molecular formula is C31H27F3N6O3. The van der Waals surface area contributed by atoms with Crippen LogP contribution in [0.15, 0.2) is 84.0 Å². The third kappa shape index (κ3) is 6.28. The van der Waals surface area contributed by atoms with Crippen molar-refractivity contribution in [3.05, 3.63) is 101 Å². The number of nitrogens with one attached hydrogen (secondary N) is 2. The van der Waals surface area contributed by atoms with E-state index in [-0.39, 0.29) is 23.6 Å². The average Bonchev–Trinajstić information content (AvgIpc) is 3.27. The molecule has 0 spiro atoms. The van der Waals surface area contributed by atoms with Gasteiger partial charge >= 0.3 is 6.18 Å². The van der Waals surface area contributed by atoms with Gasteiger partial charge in [0.1, 0.15) is 5.69 Å². The Hall–Kier alpha value is -4.97. The molecule has 1 saturated heterocycles. The highest BCUT2D eigenvalue weighted by Crippen LogP contribution is 2.38. The number of morpholine rings is 1. The minimum Gasteiger partial charge on any atom is -0.378 e. The van der Waals surface area contributed by atoms with Gasteiger partial charge in [0.05, 0.1) is 43.7 Å². The fraction of sp³-hybridized carbons (Fsp3) is 0.226. The number of fused-ring (bicyclic) bond motifs is 1. The Bertz CT molecular complexity index is 1680. The second-order valence-corrected chi connectivity index (χ2v) is 10.2. The van der Waals surface area contributed by atoms with Crippen molar-refractivity contribution >= 4 is 40.4 Å². The standard InChI is InChI=1S/C31H27F3N6O3/c32-31(33,34)24-16-22(8-11-27(24)39-12-14-43-15-13-39)30(42)36-23-9-6-21(7-10-23)25-17-28(41)38-29-26(37-25)18-35-40(29)19-20-4-2-1-3-5-20/h1-11,16,18H,12-15,17,19H2,(H,36,42)(H,38,41). The van der Waals surface area contributed by atoms with Crippen molar-refractivity contribution in [3.8, 4) is 0 Å². The van der Waals surface area contributed by atoms with Crippen LogP contribution in [0.1, 0.15) is 33.5 Å². The van der Waals surface area contributed by atoms with Crippen LogP contribution in [0.5, 0.6) is 0 Å². The molecule has 0 unspecified atom stereocenters. The molecule has 3 heterocycles. The molecular weight excluding hydrogens is 561 g/mol. The lowest BCUT2D eigenvalue weighted by Gasteiger charge is -2.31. The highest BCUT2D eigenvalue weighted by atomic mass is 19.4. The number of carbonyl (C=O) groups excluding carboxylic acids is 2. The first-order valence-corrected chi connectivity index (χ1v) is 13.7. The van der Waals surface area contributed by atoms with E-state index < -0.39 is 17.6 Å². The van der Waals surface area contributed by atoms with Crippen LogP contribution < -0.4 is 15.5 Å². The molecule has 0 bridgehead atoms. The van der Waals surface area contributed by atoms with Crippen molar-refractivity contribution in [2.24, 2.45) is 4.99 Å². The maximum absolute atomic E-state index is 13.9. The smallest absolute Gasteiger partial charge is 0.378 e. The number of hydrogen-bond acceptors (Lipinski definition) is 6. The minimum atomic E-state index is -4.63. The van der Waals surface area contributed by atoms with E-state index in [0.29, 0.717) is 61.3 Å². The number of ether oxygens (including phenoxy) is 1. The van der Waals surface area contributed by atoms with Gasteiger partial charge in [-0.2, -0.15) is 18.3 Å². The number of rotatable bonds is 6. The normalized spacial score (nSPS) is 15.3. The quantitative estimate of drug-likeness (QED) is 0.310. The van der Waals surface area contributed by atoms with E-state index in [1.807, 2.05) is 30.3 Å². The SMILES string of the molecule is O=C1CC(c2ccc(NC(=O)c3ccc(N4CCOCC4)c(C(F)(F)F)c3)cc2)=Nc2cnn(Cc3ccccc3)c2N1. The Labute approximate surface area is 245 Å². The van der Waals surface area contributed by atoms with Crippen molar-refractivity contribution in [1.29, 1.82) is 0 Å². The first-order valence-electron chi connectivity index (χ1n) is 13.7. The van der Waals surface area contributed by atoms with E-state index in [2.05, 4.69) is 20.7 Å². The highest BCUT2D eigenvalue weighted by Gasteiger charge is 2.36. The van der Waals surface area contributed by atoms with E-state index >= 15 is 0 Å². The van der Waals surface area contributed by atoms with Crippen molar-refractivity contribution < 1.29 is 27.5 Å². The van der Waals surface area contributed by atoms with E-state index in [9.17, 15) is 22.8 Å². The lowest BCUT2D eigenvalue weighted by atomic mass is 10.0. The Morgan fingerprint density at radius 1 is 1.00 bits per heavy atom. The number of carbonyl (C=O) groups is 2. The minimum absolute atomic E-state index is 0.0266. The molecule has 2 N–H and O–H groups in total. The first-order chi connectivity index (χ1) is 20.7. The van der Waals surface area contributed by atoms with Crippen molar-refractivity contribution in [1.82, 2.24) is 9.78 Å². The molecule has 1 aromatic heterocycles. The molecule has 0 atom stereocenters. The van der Waals surface area contributed by atoms with Crippen LogP contribution in [0, 0.1) is 0 Å². The van der Waals surface area contributed by atoms with Gasteiger partial charge in [-0.05, 0) is 41.5 Å². The van der Waals surface area contributed by atoms with E-state index in [1.165, 1.54) is 12.1 Å². The summed E-state index contributed by atoms with van der Waals surface area (Å²) in [5.74, 6) is -0.412. The predicted octanol–water partition coefficient (Wildman–Crippen LogP) is 5.50. The monoisotopic (exact) mass is 588 g/mol. The number of amides is 2. The Morgan fingerprint density at radius 2 is 1.74 bits per heavy atom. The average molecular weight is 589 g/mol. The molecule has 9 nitrogen and oxygen atoms in total. The van der Waals surface area contributed by atoms with Gasteiger partial charge < -0.3 is 20.3 Å². The van der Waals surface area contributed by atoms with Crippen LogP contribution in [-0.2, 0) is 22.3 Å². The zero-order valence-corrected chi connectivity index (χ0v) is 22.9. The number of nitrogens with zero attached hydrogens (tertiary/aromatic N) is 4. The molecule has 1 fully saturated rings. The summed E-state index contributed by atoms with van der Waals surface area (Å²) < 4.78 is 48.7. The van der Waals surface area contributed by atoms with Gasteiger partial charge in [-0.25, -0.2) is 9.67 Å². The lowest BCUT2D eigenvalue weighted by Crippen LogP contribution is -2.37. The highest BCUT2D eigenvalue weighted by molar-refractivity contribution is 6.16. The second kappa shape index (κ2) is 11.7. The molecule has 12 heteroatoms. The van der Waals surface area contributed by atoms with Gasteiger partial charge in [0.15, 0.2) is 5.82 Å². The Kier molecular flexibility index (Phi) is 7.68. The summed E-state index contributed by atoms with van der Waals surface area (Å²) in [5.41, 5.74) is 2.15. The van der Waals surface area contributed by atoms with Crippen molar-refractivity contribution in [3.63, 3.8) is 0 Å². The zero-order valence-electron chi connectivity index (χ0n) is 22.9. The van der Waals surface area contributed by atoms with E-state index in [0.717, 1.165) is 11.6 Å². The number of anilines is 3. The fourth-order valence-corrected chi connectivity index (χ4v) is 5.08. The van der Waals surface area contributed by atoms with Gasteiger partial charge in [-0.1, -0.05) is 42.5 Å². The summed E-state index contributed by atoms with van der Waals surface area (Å²) in [6, 6.07) is 20.0. The molecule has 0 saturated carbocycles. The summed E-state index contributed by atoms with van der Waals surface area (Å²) in [7, 11) is 0. The summed E-state index contributed by atoms with van der Waals surface area (Å²) in [6.07, 6.45) is -3.01. The molecule has 0 radical (unpaired) electrons. The van der Waals surface area contributed by atoms with E-state index in [1.54, 1.807) is 40.0 Å². The molecule has 6 rings (SSSR count). The Balaban J connectivity index is 1.19. The largest absolute Gasteiger partial charge is 0.418 e. The van der Waals surface area contributed by atoms with Crippen molar-refractivity contribution in [2.45, 2.75) is 19.1 Å². The zero-order chi connectivity index (χ0) is 30.0. The number of aliphatic imine (C=N–C) groups is 1. The van der Waals surface area contributed by atoms with Gasteiger partial charge in [-0.15, -0.1) is 0 Å². The third-order valence-electron chi connectivity index (χ3n) is 7.23. The molecule has 3 aromatic carbocycles. The van der Waals surface area contributed by atoms with Crippen LogP contribution >= 0.6 is 0 Å². The number of alkyl halides is 3. The Morgan fingerprint density at radius 3 is 2.47 bits per heavy atom. The van der Waals surface area contributed by atoms with Crippen LogP contribution in [0.2, 0.25) is 0 Å². The summed E-state index contributed by atoms with van der Waals surface area (Å²) >= 11 is 0. The molecule has 2 amide bonds.